The van der Waals surface area contributed by atoms with Crippen LogP contribution in [0.4, 0.5) is 8.78 Å². The molecule has 3 aromatic rings. The van der Waals surface area contributed by atoms with Crippen LogP contribution in [0.5, 0.6) is 5.75 Å². The number of carboxylic acid groups (broad SMARTS) is 1. The van der Waals surface area contributed by atoms with Crippen LogP contribution in [0.15, 0.2) is 36.4 Å². The number of alkyl halides is 2. The number of aryl methyl sites for hydroxylation is 2. The Morgan fingerprint density at radius 3 is 2.62 bits per heavy atom. The second-order valence-corrected chi connectivity index (χ2v) is 5.51. The predicted molar refractivity (Wildman–Crippen MR) is 84.2 cm³/mol. The summed E-state index contributed by atoms with van der Waals surface area (Å²) in [6.07, 6.45) is -4.27. The van der Waals surface area contributed by atoms with Crippen molar-refractivity contribution in [3.63, 3.8) is 0 Å². The lowest BCUT2D eigenvalue weighted by atomic mass is 10.1. The zero-order valence-electron chi connectivity index (χ0n) is 12.9. The highest BCUT2D eigenvalue weighted by molar-refractivity contribution is 5.80. The minimum Gasteiger partial charge on any atom is -0.474 e. The molecule has 0 aliphatic heterocycles. The van der Waals surface area contributed by atoms with Crippen molar-refractivity contribution in [3.8, 4) is 17.1 Å². The average molecular weight is 332 g/mol. The number of halogens is 2. The number of H-pyrrole nitrogens is 1. The summed E-state index contributed by atoms with van der Waals surface area (Å²) in [5, 5.41) is 8.44. The molecule has 0 bridgehead atoms. The first kappa shape index (κ1) is 15.9. The SMILES string of the molecule is Cc1ccc2nc(-c3ccc(OC(F)(F)C(=O)O)c(C)c3)[nH]c2c1. The number of rotatable bonds is 4. The van der Waals surface area contributed by atoms with Crippen molar-refractivity contribution in [1.29, 1.82) is 0 Å². The van der Waals surface area contributed by atoms with Gasteiger partial charge in [-0.3, -0.25) is 0 Å². The maximum absolute atomic E-state index is 13.2. The molecule has 0 atom stereocenters. The topological polar surface area (TPSA) is 75.2 Å². The molecular weight excluding hydrogens is 318 g/mol. The van der Waals surface area contributed by atoms with E-state index < -0.39 is 12.1 Å². The number of carboxylic acids is 1. The van der Waals surface area contributed by atoms with Gasteiger partial charge >= 0.3 is 12.1 Å². The maximum Gasteiger partial charge on any atom is 0.501 e. The molecule has 0 aliphatic carbocycles. The van der Waals surface area contributed by atoms with Gasteiger partial charge in [-0.25, -0.2) is 9.78 Å². The molecule has 0 unspecified atom stereocenters. The van der Waals surface area contributed by atoms with E-state index in [4.69, 9.17) is 5.11 Å². The second-order valence-electron chi connectivity index (χ2n) is 5.51. The molecule has 124 valence electrons. The Kier molecular flexibility index (Phi) is 3.71. The number of hydrogen-bond donors (Lipinski definition) is 2. The highest BCUT2D eigenvalue weighted by atomic mass is 19.3. The molecule has 0 saturated heterocycles. The van der Waals surface area contributed by atoms with Crippen LogP contribution in [0, 0.1) is 13.8 Å². The van der Waals surface area contributed by atoms with Crippen molar-refractivity contribution < 1.29 is 23.4 Å². The Labute approximate surface area is 135 Å². The molecule has 3 rings (SSSR count). The molecule has 2 aromatic carbocycles. The van der Waals surface area contributed by atoms with E-state index >= 15 is 0 Å². The van der Waals surface area contributed by atoms with Crippen molar-refractivity contribution in [2.45, 2.75) is 20.0 Å². The lowest BCUT2D eigenvalue weighted by molar-refractivity contribution is -0.211. The van der Waals surface area contributed by atoms with Crippen molar-refractivity contribution in [2.24, 2.45) is 0 Å². The third-order valence-corrected chi connectivity index (χ3v) is 3.57. The fourth-order valence-electron chi connectivity index (χ4n) is 2.35. The van der Waals surface area contributed by atoms with Gasteiger partial charge in [0.05, 0.1) is 11.0 Å². The second kappa shape index (κ2) is 5.59. The number of aromatic amines is 1. The molecule has 1 heterocycles. The number of benzene rings is 2. The van der Waals surface area contributed by atoms with Gasteiger partial charge in [-0.15, -0.1) is 0 Å². The van der Waals surface area contributed by atoms with Crippen LogP contribution in [0.2, 0.25) is 0 Å². The molecule has 0 spiro atoms. The molecule has 0 amide bonds. The lowest BCUT2D eigenvalue weighted by Crippen LogP contribution is -2.35. The van der Waals surface area contributed by atoms with E-state index in [1.165, 1.54) is 6.07 Å². The molecule has 0 aliphatic rings. The van der Waals surface area contributed by atoms with Crippen LogP contribution in [0.3, 0.4) is 0 Å². The van der Waals surface area contributed by atoms with Crippen LogP contribution >= 0.6 is 0 Å². The van der Waals surface area contributed by atoms with Gasteiger partial charge in [-0.2, -0.15) is 8.78 Å². The Hall–Kier alpha value is -2.96. The standard InChI is InChI=1S/C17H14F2N2O3/c1-9-3-5-12-13(7-9)21-15(20-12)11-4-6-14(10(2)8-11)24-17(18,19)16(22)23/h3-8H,1-2H3,(H,20,21)(H,22,23). The maximum atomic E-state index is 13.2. The molecule has 0 fully saturated rings. The fourth-order valence-corrected chi connectivity index (χ4v) is 2.35. The quantitative estimate of drug-likeness (QED) is 0.760. The minimum atomic E-state index is -4.27. The molecule has 0 saturated carbocycles. The molecular formula is C17H14F2N2O3. The van der Waals surface area contributed by atoms with Crippen LogP contribution in [0.1, 0.15) is 11.1 Å². The van der Waals surface area contributed by atoms with Crippen LogP contribution in [-0.4, -0.2) is 27.2 Å². The number of aromatic nitrogens is 2. The van der Waals surface area contributed by atoms with Crippen molar-refractivity contribution in [3.05, 3.63) is 47.5 Å². The first-order valence-electron chi connectivity index (χ1n) is 7.14. The van der Waals surface area contributed by atoms with Gasteiger partial charge in [0.15, 0.2) is 0 Å². The van der Waals surface area contributed by atoms with E-state index in [1.807, 2.05) is 25.1 Å². The molecule has 1 aromatic heterocycles. The highest BCUT2D eigenvalue weighted by Gasteiger charge is 2.42. The van der Waals surface area contributed by atoms with Crippen LogP contribution < -0.4 is 4.74 Å². The largest absolute Gasteiger partial charge is 0.501 e. The van der Waals surface area contributed by atoms with Crippen LogP contribution in [-0.2, 0) is 4.79 Å². The van der Waals surface area contributed by atoms with E-state index in [0.717, 1.165) is 16.6 Å². The third kappa shape index (κ3) is 2.92. The number of nitrogens with zero attached hydrogens (tertiary/aromatic N) is 1. The molecule has 7 heteroatoms. The Morgan fingerprint density at radius 1 is 1.21 bits per heavy atom. The van der Waals surface area contributed by atoms with Crippen molar-refractivity contribution >= 4 is 17.0 Å². The summed E-state index contributed by atoms with van der Waals surface area (Å²) in [6, 6.07) is 10.3. The summed E-state index contributed by atoms with van der Waals surface area (Å²) in [7, 11) is 0. The Bertz CT molecular complexity index is 935. The van der Waals surface area contributed by atoms with E-state index in [1.54, 1.807) is 19.1 Å². The van der Waals surface area contributed by atoms with Gasteiger partial charge in [0, 0.05) is 5.56 Å². The minimum absolute atomic E-state index is 0.196. The first-order chi connectivity index (χ1) is 11.3. The van der Waals surface area contributed by atoms with E-state index in [0.29, 0.717) is 17.0 Å². The highest BCUT2D eigenvalue weighted by Crippen LogP contribution is 2.29. The summed E-state index contributed by atoms with van der Waals surface area (Å²) in [5.41, 5.74) is 3.83. The van der Waals surface area contributed by atoms with E-state index in [9.17, 15) is 13.6 Å². The molecule has 0 radical (unpaired) electrons. The number of carbonyl (C=O) groups is 1. The van der Waals surface area contributed by atoms with Crippen molar-refractivity contribution in [1.82, 2.24) is 9.97 Å². The van der Waals surface area contributed by atoms with E-state index in [-0.39, 0.29) is 5.75 Å². The average Bonchev–Trinajstić information content (AvgIpc) is 2.92. The Balaban J connectivity index is 1.95. The zero-order valence-corrected chi connectivity index (χ0v) is 12.9. The summed E-state index contributed by atoms with van der Waals surface area (Å²) in [5.74, 6) is -1.94. The number of fused-ring (bicyclic) bond motifs is 1. The number of ether oxygens (including phenoxy) is 1. The number of imidazole rings is 1. The summed E-state index contributed by atoms with van der Waals surface area (Å²) < 4.78 is 30.6. The number of nitrogens with one attached hydrogen (secondary N) is 1. The fraction of sp³-hybridized carbons (Fsp3) is 0.176. The molecule has 5 nitrogen and oxygen atoms in total. The number of aliphatic carboxylic acids is 1. The lowest BCUT2D eigenvalue weighted by Gasteiger charge is -2.15. The van der Waals surface area contributed by atoms with Gasteiger partial charge in [0.2, 0.25) is 0 Å². The normalized spacial score (nSPS) is 11.7. The first-order valence-corrected chi connectivity index (χ1v) is 7.14. The smallest absolute Gasteiger partial charge is 0.474 e. The summed E-state index contributed by atoms with van der Waals surface area (Å²) in [6.45, 7) is 3.53. The van der Waals surface area contributed by atoms with E-state index in [2.05, 4.69) is 14.7 Å². The van der Waals surface area contributed by atoms with Crippen molar-refractivity contribution in [2.75, 3.05) is 0 Å². The Morgan fingerprint density at radius 2 is 1.96 bits per heavy atom. The molecule has 24 heavy (non-hydrogen) atoms. The number of hydrogen-bond acceptors (Lipinski definition) is 3. The summed E-state index contributed by atoms with van der Waals surface area (Å²) in [4.78, 5) is 18.1. The van der Waals surface area contributed by atoms with Gasteiger partial charge < -0.3 is 14.8 Å². The van der Waals surface area contributed by atoms with Gasteiger partial charge in [-0.05, 0) is 55.3 Å². The summed E-state index contributed by atoms with van der Waals surface area (Å²) >= 11 is 0. The van der Waals surface area contributed by atoms with Gasteiger partial charge in [0.1, 0.15) is 11.6 Å². The van der Waals surface area contributed by atoms with Crippen LogP contribution in [0.25, 0.3) is 22.4 Å². The monoisotopic (exact) mass is 332 g/mol. The van der Waals surface area contributed by atoms with Gasteiger partial charge in [-0.1, -0.05) is 6.07 Å². The predicted octanol–water partition coefficient (Wildman–Crippen LogP) is 3.90. The van der Waals surface area contributed by atoms with Gasteiger partial charge in [0.25, 0.3) is 0 Å². The zero-order chi connectivity index (χ0) is 17.5. The molecule has 2 N–H and O–H groups in total. The third-order valence-electron chi connectivity index (χ3n) is 3.57.